The van der Waals surface area contributed by atoms with Gasteiger partial charge in [0, 0.05) is 37.9 Å². The minimum atomic E-state index is -3.78. The highest BCUT2D eigenvalue weighted by molar-refractivity contribution is 7.89. The Morgan fingerprint density at radius 1 is 1.11 bits per heavy atom. The fourth-order valence-electron chi connectivity index (χ4n) is 3.04. The Bertz CT molecular complexity index is 914. The van der Waals surface area contributed by atoms with Gasteiger partial charge in [-0.05, 0) is 44.4 Å². The third kappa shape index (κ3) is 4.92. The van der Waals surface area contributed by atoms with Crippen LogP contribution in [0.4, 0.5) is 16.2 Å². The van der Waals surface area contributed by atoms with Crippen molar-refractivity contribution >= 4 is 21.8 Å². The first-order valence-electron chi connectivity index (χ1n) is 8.95. The molecule has 2 aromatic rings. The van der Waals surface area contributed by atoms with Crippen LogP contribution in [0, 0.1) is 19.7 Å². The molecular formula is C18H24FN5O2S. The summed E-state index contributed by atoms with van der Waals surface area (Å²) in [6, 6.07) is 5.66. The summed E-state index contributed by atoms with van der Waals surface area (Å²) in [7, 11) is -3.78. The van der Waals surface area contributed by atoms with E-state index in [1.165, 1.54) is 12.1 Å². The van der Waals surface area contributed by atoms with Crippen LogP contribution in [0.5, 0.6) is 0 Å². The van der Waals surface area contributed by atoms with E-state index in [9.17, 15) is 12.8 Å². The molecule has 0 bridgehead atoms. The van der Waals surface area contributed by atoms with Crippen molar-refractivity contribution in [2.45, 2.75) is 31.6 Å². The van der Waals surface area contributed by atoms with Gasteiger partial charge in [0.05, 0.1) is 4.90 Å². The van der Waals surface area contributed by atoms with Gasteiger partial charge in [-0.25, -0.2) is 22.5 Å². The van der Waals surface area contributed by atoms with Crippen molar-refractivity contribution in [1.29, 1.82) is 0 Å². The van der Waals surface area contributed by atoms with E-state index >= 15 is 0 Å². The van der Waals surface area contributed by atoms with Crippen molar-refractivity contribution in [1.82, 2.24) is 14.7 Å². The van der Waals surface area contributed by atoms with Gasteiger partial charge in [-0.3, -0.25) is 0 Å². The monoisotopic (exact) mass is 393 g/mol. The summed E-state index contributed by atoms with van der Waals surface area (Å²) >= 11 is 0. The van der Waals surface area contributed by atoms with Gasteiger partial charge in [0.25, 0.3) is 0 Å². The largest absolute Gasteiger partial charge is 0.356 e. The average molecular weight is 393 g/mol. The van der Waals surface area contributed by atoms with Gasteiger partial charge in [-0.15, -0.1) is 0 Å². The molecule has 1 aliphatic heterocycles. The van der Waals surface area contributed by atoms with Crippen LogP contribution < -0.4 is 14.9 Å². The number of halogens is 1. The second-order valence-electron chi connectivity index (χ2n) is 6.62. The van der Waals surface area contributed by atoms with E-state index in [4.69, 9.17) is 0 Å². The fraction of sp³-hybridized carbons (Fsp3) is 0.444. The van der Waals surface area contributed by atoms with Gasteiger partial charge in [0.1, 0.15) is 11.6 Å². The van der Waals surface area contributed by atoms with Crippen LogP contribution in [0.3, 0.4) is 0 Å². The maximum Gasteiger partial charge on any atom is 0.240 e. The van der Waals surface area contributed by atoms with Crippen LogP contribution in [0.1, 0.15) is 24.1 Å². The average Bonchev–Trinajstić information content (AvgIpc) is 3.15. The number of hydrogen-bond donors (Lipinski definition) is 2. The zero-order chi connectivity index (χ0) is 19.4. The third-order valence-electron chi connectivity index (χ3n) is 4.41. The molecule has 2 N–H and O–H groups in total. The van der Waals surface area contributed by atoms with Crippen LogP contribution >= 0.6 is 0 Å². The lowest BCUT2D eigenvalue weighted by Crippen LogP contribution is -2.30. The number of nitrogens with zero attached hydrogens (tertiary/aromatic N) is 3. The molecule has 27 heavy (non-hydrogen) atoms. The number of hydrogen-bond acceptors (Lipinski definition) is 6. The van der Waals surface area contributed by atoms with Crippen LogP contribution in [0.2, 0.25) is 0 Å². The van der Waals surface area contributed by atoms with E-state index in [0.29, 0.717) is 18.1 Å². The molecule has 0 radical (unpaired) electrons. The highest BCUT2D eigenvalue weighted by atomic mass is 32.2. The number of aromatic nitrogens is 2. The molecule has 0 spiro atoms. The molecule has 9 heteroatoms. The second-order valence-corrected chi connectivity index (χ2v) is 8.36. The molecule has 1 saturated heterocycles. The second kappa shape index (κ2) is 8.18. The Kier molecular flexibility index (Phi) is 5.91. The third-order valence-corrected chi connectivity index (χ3v) is 6.01. The van der Waals surface area contributed by atoms with Crippen LogP contribution in [0.15, 0.2) is 29.2 Å². The predicted octanol–water partition coefficient (Wildman–Crippen LogP) is 2.22. The molecule has 0 amide bonds. The summed E-state index contributed by atoms with van der Waals surface area (Å²) in [5, 5.41) is 3.05. The first-order chi connectivity index (χ1) is 12.8. The molecular weight excluding hydrogens is 369 g/mol. The normalized spacial score (nSPS) is 14.6. The van der Waals surface area contributed by atoms with Gasteiger partial charge in [-0.1, -0.05) is 6.07 Å². The zero-order valence-electron chi connectivity index (χ0n) is 15.5. The molecule has 1 fully saturated rings. The molecule has 0 saturated carbocycles. The van der Waals surface area contributed by atoms with Gasteiger partial charge in [0.15, 0.2) is 0 Å². The molecule has 7 nitrogen and oxygen atoms in total. The lowest BCUT2D eigenvalue weighted by molar-refractivity contribution is 0.578. The molecule has 0 atom stereocenters. The van der Waals surface area contributed by atoms with E-state index < -0.39 is 15.8 Å². The molecule has 1 aromatic carbocycles. The van der Waals surface area contributed by atoms with Gasteiger partial charge >= 0.3 is 0 Å². The van der Waals surface area contributed by atoms with E-state index in [0.717, 1.165) is 43.5 Å². The quantitative estimate of drug-likeness (QED) is 0.702. The molecule has 1 aromatic heterocycles. The summed E-state index contributed by atoms with van der Waals surface area (Å²) in [5.74, 6) is 0.776. The van der Waals surface area contributed by atoms with Gasteiger partial charge < -0.3 is 10.2 Å². The minimum Gasteiger partial charge on any atom is -0.356 e. The van der Waals surface area contributed by atoms with Crippen LogP contribution in [-0.4, -0.2) is 44.6 Å². The van der Waals surface area contributed by atoms with Crippen LogP contribution in [-0.2, 0) is 10.0 Å². The Morgan fingerprint density at radius 3 is 2.59 bits per heavy atom. The standard InChI is InChI=1S/C18H24FN5O2S/c1-13-5-6-15(19)12-16(13)27(25,26)21-8-7-20-18-22-14(2)11-17(23-18)24-9-3-4-10-24/h5-6,11-12,21H,3-4,7-10H2,1-2H3,(H,20,22,23). The Hall–Kier alpha value is -2.26. The van der Waals surface area contributed by atoms with Crippen molar-refractivity contribution in [2.75, 3.05) is 36.4 Å². The molecule has 2 heterocycles. The summed E-state index contributed by atoms with van der Waals surface area (Å²) in [6.07, 6.45) is 2.32. The molecule has 3 rings (SSSR count). The molecule has 146 valence electrons. The number of rotatable bonds is 7. The van der Waals surface area contributed by atoms with E-state index in [-0.39, 0.29) is 11.4 Å². The number of benzene rings is 1. The predicted molar refractivity (Wildman–Crippen MR) is 103 cm³/mol. The van der Waals surface area contributed by atoms with E-state index in [1.807, 2.05) is 13.0 Å². The van der Waals surface area contributed by atoms with Crippen molar-refractivity contribution in [3.05, 3.63) is 41.3 Å². The highest BCUT2D eigenvalue weighted by Gasteiger charge is 2.17. The van der Waals surface area contributed by atoms with E-state index in [2.05, 4.69) is 24.9 Å². The van der Waals surface area contributed by atoms with Crippen molar-refractivity contribution in [2.24, 2.45) is 0 Å². The van der Waals surface area contributed by atoms with Gasteiger partial charge in [-0.2, -0.15) is 4.98 Å². The minimum absolute atomic E-state index is 0.0503. The fourth-order valence-corrected chi connectivity index (χ4v) is 4.33. The lowest BCUT2D eigenvalue weighted by atomic mass is 10.2. The highest BCUT2D eigenvalue weighted by Crippen LogP contribution is 2.20. The van der Waals surface area contributed by atoms with Crippen LogP contribution in [0.25, 0.3) is 0 Å². The SMILES string of the molecule is Cc1cc(N2CCCC2)nc(NCCNS(=O)(=O)c2cc(F)ccc2C)n1. The Morgan fingerprint density at radius 2 is 1.85 bits per heavy atom. The smallest absolute Gasteiger partial charge is 0.240 e. The van der Waals surface area contributed by atoms with Crippen molar-refractivity contribution in [3.63, 3.8) is 0 Å². The number of anilines is 2. The summed E-state index contributed by atoms with van der Waals surface area (Å²) in [6.45, 7) is 5.96. The van der Waals surface area contributed by atoms with Crippen molar-refractivity contribution < 1.29 is 12.8 Å². The first-order valence-corrected chi connectivity index (χ1v) is 10.4. The summed E-state index contributed by atoms with van der Waals surface area (Å²) < 4.78 is 40.6. The summed E-state index contributed by atoms with van der Waals surface area (Å²) in [5.41, 5.74) is 1.35. The first kappa shape index (κ1) is 19.5. The topological polar surface area (TPSA) is 87.2 Å². The van der Waals surface area contributed by atoms with E-state index in [1.54, 1.807) is 6.92 Å². The Balaban J connectivity index is 1.59. The molecule has 0 aliphatic carbocycles. The zero-order valence-corrected chi connectivity index (χ0v) is 16.3. The Labute approximate surface area is 159 Å². The number of nitrogens with one attached hydrogen (secondary N) is 2. The molecule has 0 unspecified atom stereocenters. The maximum absolute atomic E-state index is 13.4. The lowest BCUT2D eigenvalue weighted by Gasteiger charge is -2.17. The summed E-state index contributed by atoms with van der Waals surface area (Å²) in [4.78, 5) is 11.0. The maximum atomic E-state index is 13.4. The number of aryl methyl sites for hydroxylation is 2. The van der Waals surface area contributed by atoms with Gasteiger partial charge in [0.2, 0.25) is 16.0 Å². The molecule has 1 aliphatic rings. The number of sulfonamides is 1. The van der Waals surface area contributed by atoms with Crippen molar-refractivity contribution in [3.8, 4) is 0 Å².